The third-order valence-corrected chi connectivity index (χ3v) is 3.76. The monoisotopic (exact) mass is 282 g/mol. The maximum absolute atomic E-state index is 4.28. The van der Waals surface area contributed by atoms with E-state index in [2.05, 4.69) is 50.7 Å². The number of aromatic nitrogens is 1. The summed E-state index contributed by atoms with van der Waals surface area (Å²) in [6, 6.07) is 6.12. The van der Waals surface area contributed by atoms with E-state index in [0.29, 0.717) is 0 Å². The third-order valence-electron chi connectivity index (χ3n) is 2.06. The molecule has 0 aliphatic rings. The second-order valence-corrected chi connectivity index (χ2v) is 5.17. The van der Waals surface area contributed by atoms with Gasteiger partial charge in [0.15, 0.2) is 0 Å². The summed E-state index contributed by atoms with van der Waals surface area (Å²) in [5.41, 5.74) is 1.17. The summed E-state index contributed by atoms with van der Waals surface area (Å²) in [6.45, 7) is 2.88. The van der Waals surface area contributed by atoms with Gasteiger partial charge < -0.3 is 5.32 Å². The molecule has 0 spiro atoms. The number of thiophene rings is 1. The zero-order valence-corrected chi connectivity index (χ0v) is 10.7. The molecule has 2 aromatic heterocycles. The van der Waals surface area contributed by atoms with Crippen molar-refractivity contribution in [3.8, 4) is 0 Å². The molecule has 1 N–H and O–H groups in total. The molecule has 0 amide bonds. The molecule has 4 heteroatoms. The molecule has 0 unspecified atom stereocenters. The van der Waals surface area contributed by atoms with E-state index in [4.69, 9.17) is 0 Å². The Kier molecular flexibility index (Phi) is 3.38. The van der Waals surface area contributed by atoms with Gasteiger partial charge in [0.25, 0.3) is 0 Å². The highest BCUT2D eigenvalue weighted by molar-refractivity contribution is 9.10. The van der Waals surface area contributed by atoms with Gasteiger partial charge >= 0.3 is 0 Å². The molecule has 0 bridgehead atoms. The molecular formula is C11H11BrN2S. The number of nitrogens with one attached hydrogen (secondary N) is 1. The first-order valence-electron chi connectivity index (χ1n) is 4.64. The van der Waals surface area contributed by atoms with Crippen LogP contribution in [0.25, 0.3) is 0 Å². The molecule has 0 atom stereocenters. The minimum atomic E-state index is 0.828. The van der Waals surface area contributed by atoms with Gasteiger partial charge in [-0.1, -0.05) is 6.07 Å². The van der Waals surface area contributed by atoms with Crippen molar-refractivity contribution in [3.05, 3.63) is 44.7 Å². The molecule has 0 fully saturated rings. The van der Waals surface area contributed by atoms with E-state index in [0.717, 1.165) is 16.8 Å². The first-order valence-corrected chi connectivity index (χ1v) is 6.31. The summed E-state index contributed by atoms with van der Waals surface area (Å²) < 4.78 is 1.14. The minimum absolute atomic E-state index is 0.828. The summed E-state index contributed by atoms with van der Waals surface area (Å²) >= 11 is 5.18. The van der Waals surface area contributed by atoms with Crippen LogP contribution < -0.4 is 5.32 Å². The second kappa shape index (κ2) is 4.77. The van der Waals surface area contributed by atoms with Crippen LogP contribution in [0.15, 0.2) is 34.2 Å². The van der Waals surface area contributed by atoms with E-state index in [1.54, 1.807) is 17.5 Å². The number of rotatable bonds is 3. The van der Waals surface area contributed by atoms with Gasteiger partial charge in [0.05, 0.1) is 6.54 Å². The van der Waals surface area contributed by atoms with Crippen LogP contribution in [-0.2, 0) is 6.54 Å². The van der Waals surface area contributed by atoms with E-state index >= 15 is 0 Å². The smallest absolute Gasteiger partial charge is 0.129 e. The molecule has 0 aliphatic carbocycles. The third kappa shape index (κ3) is 2.79. The summed E-state index contributed by atoms with van der Waals surface area (Å²) in [4.78, 5) is 5.58. The Hall–Kier alpha value is -0.870. The maximum atomic E-state index is 4.28. The van der Waals surface area contributed by atoms with Crippen molar-refractivity contribution >= 4 is 33.1 Å². The lowest BCUT2D eigenvalue weighted by molar-refractivity contribution is 1.12. The highest BCUT2D eigenvalue weighted by Crippen LogP contribution is 2.21. The van der Waals surface area contributed by atoms with Gasteiger partial charge in [0, 0.05) is 20.9 Å². The van der Waals surface area contributed by atoms with Crippen LogP contribution in [0.3, 0.4) is 0 Å². The molecule has 2 heterocycles. The van der Waals surface area contributed by atoms with Crippen molar-refractivity contribution in [2.75, 3.05) is 5.32 Å². The summed E-state index contributed by atoms with van der Waals surface area (Å²) in [5.74, 6) is 0.960. The van der Waals surface area contributed by atoms with Crippen LogP contribution in [0.2, 0.25) is 0 Å². The molecular weight excluding hydrogens is 272 g/mol. The topological polar surface area (TPSA) is 24.9 Å². The molecule has 0 aromatic carbocycles. The van der Waals surface area contributed by atoms with Gasteiger partial charge in [0.1, 0.15) is 5.82 Å². The quantitative estimate of drug-likeness (QED) is 0.926. The molecule has 2 rings (SSSR count). The molecule has 0 saturated carbocycles. The number of hydrogen-bond donors (Lipinski definition) is 1. The van der Waals surface area contributed by atoms with Gasteiger partial charge in [-0.25, -0.2) is 4.98 Å². The Morgan fingerprint density at radius 3 is 3.07 bits per heavy atom. The highest BCUT2D eigenvalue weighted by atomic mass is 79.9. The fourth-order valence-corrected chi connectivity index (χ4v) is 2.68. The SMILES string of the molecule is Cc1cccnc1NCc1cc(Br)cs1. The van der Waals surface area contributed by atoms with E-state index < -0.39 is 0 Å². The Labute approximate surface area is 101 Å². The van der Waals surface area contributed by atoms with Crippen LogP contribution in [-0.4, -0.2) is 4.98 Å². The number of anilines is 1. The normalized spacial score (nSPS) is 10.3. The van der Waals surface area contributed by atoms with Gasteiger partial charge in [0.2, 0.25) is 0 Å². The van der Waals surface area contributed by atoms with Crippen molar-refractivity contribution in [3.63, 3.8) is 0 Å². The molecule has 15 heavy (non-hydrogen) atoms. The lowest BCUT2D eigenvalue weighted by Crippen LogP contribution is -2.01. The van der Waals surface area contributed by atoms with E-state index in [1.165, 1.54) is 10.4 Å². The van der Waals surface area contributed by atoms with Gasteiger partial charge in [-0.3, -0.25) is 0 Å². The Morgan fingerprint density at radius 1 is 1.53 bits per heavy atom. The summed E-state index contributed by atoms with van der Waals surface area (Å²) in [6.07, 6.45) is 1.81. The number of hydrogen-bond acceptors (Lipinski definition) is 3. The predicted octanol–water partition coefficient (Wildman–Crippen LogP) is 3.83. The zero-order valence-electron chi connectivity index (χ0n) is 8.33. The van der Waals surface area contributed by atoms with Crippen LogP contribution >= 0.6 is 27.3 Å². The highest BCUT2D eigenvalue weighted by Gasteiger charge is 2.00. The summed E-state index contributed by atoms with van der Waals surface area (Å²) in [7, 11) is 0. The first-order chi connectivity index (χ1) is 7.25. The van der Waals surface area contributed by atoms with E-state index in [9.17, 15) is 0 Å². The molecule has 78 valence electrons. The lowest BCUT2D eigenvalue weighted by Gasteiger charge is -2.05. The number of nitrogens with zero attached hydrogens (tertiary/aromatic N) is 1. The molecule has 2 nitrogen and oxygen atoms in total. The lowest BCUT2D eigenvalue weighted by atomic mass is 10.3. The van der Waals surface area contributed by atoms with Crippen molar-refractivity contribution in [1.82, 2.24) is 4.98 Å². The average molecular weight is 283 g/mol. The minimum Gasteiger partial charge on any atom is -0.365 e. The largest absolute Gasteiger partial charge is 0.365 e. The maximum Gasteiger partial charge on any atom is 0.129 e. The summed E-state index contributed by atoms with van der Waals surface area (Å²) in [5, 5.41) is 5.41. The van der Waals surface area contributed by atoms with Gasteiger partial charge in [-0.05, 0) is 40.5 Å². The van der Waals surface area contributed by atoms with Gasteiger partial charge in [-0.15, -0.1) is 11.3 Å². The van der Waals surface area contributed by atoms with Crippen LogP contribution in [0.1, 0.15) is 10.4 Å². The molecule has 0 saturated heterocycles. The first kappa shape index (κ1) is 10.6. The van der Waals surface area contributed by atoms with E-state index in [-0.39, 0.29) is 0 Å². The Balaban J connectivity index is 2.02. The Morgan fingerprint density at radius 2 is 2.40 bits per heavy atom. The molecule has 0 aliphatic heterocycles. The van der Waals surface area contributed by atoms with Gasteiger partial charge in [-0.2, -0.15) is 0 Å². The molecule has 2 aromatic rings. The van der Waals surface area contributed by atoms with Crippen LogP contribution in [0.5, 0.6) is 0 Å². The van der Waals surface area contributed by atoms with E-state index in [1.807, 2.05) is 6.07 Å². The van der Waals surface area contributed by atoms with Crippen molar-refractivity contribution in [2.45, 2.75) is 13.5 Å². The van der Waals surface area contributed by atoms with Crippen molar-refractivity contribution in [1.29, 1.82) is 0 Å². The number of aryl methyl sites for hydroxylation is 1. The second-order valence-electron chi connectivity index (χ2n) is 3.25. The van der Waals surface area contributed by atoms with Crippen molar-refractivity contribution in [2.24, 2.45) is 0 Å². The Bertz CT molecular complexity index is 453. The zero-order chi connectivity index (χ0) is 10.7. The van der Waals surface area contributed by atoms with Crippen LogP contribution in [0, 0.1) is 6.92 Å². The standard InChI is InChI=1S/C11H11BrN2S/c1-8-3-2-4-13-11(8)14-6-10-5-9(12)7-15-10/h2-5,7H,6H2,1H3,(H,13,14). The predicted molar refractivity (Wildman–Crippen MR) is 68.3 cm³/mol. The molecule has 0 radical (unpaired) electrons. The van der Waals surface area contributed by atoms with Crippen LogP contribution in [0.4, 0.5) is 5.82 Å². The number of pyridine rings is 1. The van der Waals surface area contributed by atoms with Crippen molar-refractivity contribution < 1.29 is 0 Å². The average Bonchev–Trinajstić information content (AvgIpc) is 2.63. The fourth-order valence-electron chi connectivity index (χ4n) is 1.29. The number of halogens is 1. The fraction of sp³-hybridized carbons (Fsp3) is 0.182.